The number of benzene rings is 1. The van der Waals surface area contributed by atoms with Crippen LogP contribution < -0.4 is 16.2 Å². The number of nitrogens with two attached hydrogens (primary N) is 2. The van der Waals surface area contributed by atoms with Crippen molar-refractivity contribution in [3.8, 4) is 11.5 Å². The molecule has 0 bridgehead atoms. The van der Waals surface area contributed by atoms with E-state index in [2.05, 4.69) is 0 Å². The fraction of sp³-hybridized carbons (Fsp3) is 0.333. The van der Waals surface area contributed by atoms with Crippen molar-refractivity contribution in [1.82, 2.24) is 0 Å². The van der Waals surface area contributed by atoms with E-state index in [0.29, 0.717) is 11.3 Å². The van der Waals surface area contributed by atoms with Crippen molar-refractivity contribution < 1.29 is 9.84 Å². The second-order valence-corrected chi connectivity index (χ2v) is 3.30. The number of aromatic hydroxyl groups is 1. The molecular formula is C9H13ClN2O2. The van der Waals surface area contributed by atoms with Crippen molar-refractivity contribution in [3.63, 3.8) is 0 Å². The summed E-state index contributed by atoms with van der Waals surface area (Å²) in [7, 11) is 1.51. The summed E-state index contributed by atoms with van der Waals surface area (Å²) in [5.74, 6) is 0.511. The van der Waals surface area contributed by atoms with Gasteiger partial charge in [0.2, 0.25) is 0 Å². The molecule has 0 saturated carbocycles. The molecule has 1 rings (SSSR count). The number of methoxy groups -OCH3 is 1. The normalized spacial score (nSPS) is 12.6. The summed E-state index contributed by atoms with van der Waals surface area (Å²) in [5, 5.41) is 9.81. The summed E-state index contributed by atoms with van der Waals surface area (Å²) >= 11 is 5.77. The topological polar surface area (TPSA) is 81.5 Å². The molecule has 0 unspecified atom stereocenters. The molecule has 5 heteroatoms. The summed E-state index contributed by atoms with van der Waals surface area (Å²) in [4.78, 5) is 0. The quantitative estimate of drug-likeness (QED) is 0.705. The maximum atomic E-state index is 9.60. The van der Waals surface area contributed by atoms with Crippen LogP contribution in [-0.4, -0.2) is 18.8 Å². The standard InChI is InChI=1S/C9H13ClN2O2/c1-14-5-2-6(8(12)4-11)9(13)7(10)3-5/h2-3,8,13H,4,11-12H2,1H3/t8-/m0/s1. The molecule has 14 heavy (non-hydrogen) atoms. The van der Waals surface area contributed by atoms with E-state index in [-0.39, 0.29) is 17.3 Å². The van der Waals surface area contributed by atoms with Crippen LogP contribution in [0.4, 0.5) is 0 Å². The van der Waals surface area contributed by atoms with Gasteiger partial charge in [-0.05, 0) is 6.07 Å². The molecule has 1 aromatic carbocycles. The molecule has 0 fully saturated rings. The first-order valence-electron chi connectivity index (χ1n) is 4.12. The maximum Gasteiger partial charge on any atom is 0.139 e. The predicted octanol–water partition coefficient (Wildman–Crippen LogP) is 1.01. The Morgan fingerprint density at radius 1 is 1.57 bits per heavy atom. The SMILES string of the molecule is COc1cc(Cl)c(O)c([C@@H](N)CN)c1. The number of ether oxygens (including phenoxy) is 1. The smallest absolute Gasteiger partial charge is 0.139 e. The largest absolute Gasteiger partial charge is 0.506 e. The minimum Gasteiger partial charge on any atom is -0.506 e. The van der Waals surface area contributed by atoms with Gasteiger partial charge in [-0.2, -0.15) is 0 Å². The summed E-state index contributed by atoms with van der Waals surface area (Å²) < 4.78 is 4.99. The Hall–Kier alpha value is -0.970. The van der Waals surface area contributed by atoms with E-state index in [4.69, 9.17) is 27.8 Å². The lowest BCUT2D eigenvalue weighted by atomic mass is 10.1. The summed E-state index contributed by atoms with van der Waals surface area (Å²) in [6.45, 7) is 0.233. The lowest BCUT2D eigenvalue weighted by Crippen LogP contribution is -2.20. The third-order valence-electron chi connectivity index (χ3n) is 1.96. The van der Waals surface area contributed by atoms with Gasteiger partial charge in [0.15, 0.2) is 0 Å². The fourth-order valence-corrected chi connectivity index (χ4v) is 1.34. The van der Waals surface area contributed by atoms with Gasteiger partial charge in [-0.15, -0.1) is 0 Å². The van der Waals surface area contributed by atoms with E-state index < -0.39 is 6.04 Å². The fourth-order valence-electron chi connectivity index (χ4n) is 1.12. The van der Waals surface area contributed by atoms with Crippen LogP contribution in [0.3, 0.4) is 0 Å². The number of halogens is 1. The molecule has 0 saturated heterocycles. The second-order valence-electron chi connectivity index (χ2n) is 2.89. The van der Waals surface area contributed by atoms with Crippen molar-refractivity contribution in [2.45, 2.75) is 6.04 Å². The highest BCUT2D eigenvalue weighted by atomic mass is 35.5. The highest BCUT2D eigenvalue weighted by Gasteiger charge is 2.14. The first-order chi connectivity index (χ1) is 6.60. The highest BCUT2D eigenvalue weighted by Crippen LogP contribution is 2.34. The number of phenolic OH excluding ortho intramolecular Hbond substituents is 1. The Balaban J connectivity index is 3.20. The number of rotatable bonds is 3. The Morgan fingerprint density at radius 2 is 2.21 bits per heavy atom. The van der Waals surface area contributed by atoms with Crippen molar-refractivity contribution in [1.29, 1.82) is 0 Å². The Labute approximate surface area is 87.4 Å². The van der Waals surface area contributed by atoms with E-state index in [1.165, 1.54) is 13.2 Å². The molecular weight excluding hydrogens is 204 g/mol. The van der Waals surface area contributed by atoms with Gasteiger partial charge < -0.3 is 21.3 Å². The van der Waals surface area contributed by atoms with E-state index in [1.54, 1.807) is 6.07 Å². The van der Waals surface area contributed by atoms with Crippen LogP contribution in [0.5, 0.6) is 11.5 Å². The number of hydrogen-bond donors (Lipinski definition) is 3. The number of phenols is 1. The van der Waals surface area contributed by atoms with Crippen LogP contribution in [0.2, 0.25) is 5.02 Å². The van der Waals surface area contributed by atoms with Crippen LogP contribution >= 0.6 is 11.6 Å². The third kappa shape index (κ3) is 2.09. The molecule has 0 heterocycles. The summed E-state index contributed by atoms with van der Waals surface area (Å²) in [6.07, 6.45) is 0. The number of hydrogen-bond acceptors (Lipinski definition) is 4. The monoisotopic (exact) mass is 216 g/mol. The predicted molar refractivity (Wildman–Crippen MR) is 55.7 cm³/mol. The molecule has 0 aromatic heterocycles. The minimum atomic E-state index is -0.442. The molecule has 0 aliphatic carbocycles. The Morgan fingerprint density at radius 3 is 2.71 bits per heavy atom. The zero-order chi connectivity index (χ0) is 10.7. The van der Waals surface area contributed by atoms with Crippen LogP contribution in [0.25, 0.3) is 0 Å². The van der Waals surface area contributed by atoms with Gasteiger partial charge in [0.1, 0.15) is 11.5 Å². The van der Waals surface area contributed by atoms with E-state index in [0.717, 1.165) is 0 Å². The lowest BCUT2D eigenvalue weighted by Gasteiger charge is -2.13. The molecule has 1 atom stereocenters. The van der Waals surface area contributed by atoms with Crippen molar-refractivity contribution in [2.24, 2.45) is 11.5 Å². The average Bonchev–Trinajstić information content (AvgIpc) is 2.20. The zero-order valence-electron chi connectivity index (χ0n) is 7.83. The second kappa shape index (κ2) is 4.50. The van der Waals surface area contributed by atoms with Crippen molar-refractivity contribution in [2.75, 3.05) is 13.7 Å². The Bertz CT molecular complexity index is 331. The van der Waals surface area contributed by atoms with Gasteiger partial charge in [-0.3, -0.25) is 0 Å². The van der Waals surface area contributed by atoms with Gasteiger partial charge >= 0.3 is 0 Å². The third-order valence-corrected chi connectivity index (χ3v) is 2.24. The molecule has 4 nitrogen and oxygen atoms in total. The van der Waals surface area contributed by atoms with Crippen LogP contribution in [0.1, 0.15) is 11.6 Å². The molecule has 1 aromatic rings. The molecule has 0 aliphatic heterocycles. The van der Waals surface area contributed by atoms with Gasteiger partial charge in [0, 0.05) is 24.2 Å². The average molecular weight is 217 g/mol. The van der Waals surface area contributed by atoms with E-state index >= 15 is 0 Å². The molecule has 0 radical (unpaired) electrons. The van der Waals surface area contributed by atoms with E-state index in [9.17, 15) is 5.11 Å². The first kappa shape index (κ1) is 11.1. The van der Waals surface area contributed by atoms with Crippen molar-refractivity contribution in [3.05, 3.63) is 22.7 Å². The molecule has 78 valence electrons. The van der Waals surface area contributed by atoms with Crippen LogP contribution in [-0.2, 0) is 0 Å². The minimum absolute atomic E-state index is 0.0367. The zero-order valence-corrected chi connectivity index (χ0v) is 8.58. The van der Waals surface area contributed by atoms with Gasteiger partial charge in [0.05, 0.1) is 12.1 Å². The van der Waals surface area contributed by atoms with Crippen molar-refractivity contribution >= 4 is 11.6 Å². The highest BCUT2D eigenvalue weighted by molar-refractivity contribution is 6.32. The van der Waals surface area contributed by atoms with Crippen LogP contribution in [0, 0.1) is 0 Å². The van der Waals surface area contributed by atoms with Crippen LogP contribution in [0.15, 0.2) is 12.1 Å². The molecule has 0 spiro atoms. The molecule has 0 aliphatic rings. The summed E-state index contributed by atoms with van der Waals surface area (Å²) in [5.41, 5.74) is 11.6. The Kier molecular flexibility index (Phi) is 3.57. The lowest BCUT2D eigenvalue weighted by molar-refractivity contribution is 0.409. The summed E-state index contributed by atoms with van der Waals surface area (Å²) in [6, 6.07) is 2.70. The van der Waals surface area contributed by atoms with Gasteiger partial charge in [-0.25, -0.2) is 0 Å². The molecule has 5 N–H and O–H groups in total. The first-order valence-corrected chi connectivity index (χ1v) is 4.50. The van der Waals surface area contributed by atoms with E-state index in [1.807, 2.05) is 0 Å². The molecule has 0 amide bonds. The maximum absolute atomic E-state index is 9.60. The van der Waals surface area contributed by atoms with Gasteiger partial charge in [0.25, 0.3) is 0 Å². The van der Waals surface area contributed by atoms with Gasteiger partial charge in [-0.1, -0.05) is 11.6 Å².